The molecular weight excluding hydrogens is 194 g/mol. The number of methoxy groups -OCH3 is 1. The Labute approximate surface area is 89.0 Å². The highest BCUT2D eigenvalue weighted by molar-refractivity contribution is 5.30. The molecule has 0 aromatic carbocycles. The minimum absolute atomic E-state index is 0.528. The summed E-state index contributed by atoms with van der Waals surface area (Å²) in [4.78, 5) is 10.8. The minimum Gasteiger partial charge on any atom is -0.378 e. The summed E-state index contributed by atoms with van der Waals surface area (Å²) in [6.45, 7) is 3.74. The Morgan fingerprint density at radius 1 is 1.47 bits per heavy atom. The van der Waals surface area contributed by atoms with Gasteiger partial charge >= 0.3 is 0 Å². The molecule has 0 amide bonds. The average Bonchev–Trinajstić information content (AvgIpc) is 2.31. The smallest absolute Gasteiger partial charge is 0.225 e. The number of hydrogen-bond donors (Lipinski definition) is 0. The predicted molar refractivity (Wildman–Crippen MR) is 55.8 cm³/mol. The molecule has 0 aliphatic carbocycles. The average molecular weight is 209 g/mol. The summed E-state index contributed by atoms with van der Waals surface area (Å²) in [5.41, 5.74) is 0.911. The lowest BCUT2D eigenvalue weighted by Gasteiger charge is -2.26. The zero-order valence-corrected chi connectivity index (χ0v) is 8.85. The van der Waals surface area contributed by atoms with Gasteiger partial charge in [0.25, 0.3) is 0 Å². The molecular formula is C10H15N3O2. The van der Waals surface area contributed by atoms with Crippen molar-refractivity contribution in [3.63, 3.8) is 0 Å². The van der Waals surface area contributed by atoms with Gasteiger partial charge in [-0.3, -0.25) is 0 Å². The van der Waals surface area contributed by atoms with E-state index in [1.165, 1.54) is 0 Å². The standard InChI is InChI=1S/C10H15N3O2/c1-14-8-9-2-3-11-10(12-9)13-4-6-15-7-5-13/h2-3H,4-8H2,1H3. The summed E-state index contributed by atoms with van der Waals surface area (Å²) in [6, 6.07) is 1.87. The molecule has 1 aromatic rings. The van der Waals surface area contributed by atoms with E-state index in [0.717, 1.165) is 37.9 Å². The molecule has 5 nitrogen and oxygen atoms in total. The highest BCUT2D eigenvalue weighted by Crippen LogP contribution is 2.09. The molecule has 0 spiro atoms. The molecule has 0 unspecified atom stereocenters. The normalized spacial score (nSPS) is 16.7. The SMILES string of the molecule is COCc1ccnc(N2CCOCC2)n1. The molecule has 5 heteroatoms. The molecule has 1 aliphatic heterocycles. The van der Waals surface area contributed by atoms with Gasteiger partial charge in [-0.25, -0.2) is 9.97 Å². The zero-order chi connectivity index (χ0) is 10.5. The molecule has 0 bridgehead atoms. The van der Waals surface area contributed by atoms with Crippen molar-refractivity contribution in [2.45, 2.75) is 6.61 Å². The predicted octanol–water partition coefficient (Wildman–Crippen LogP) is 0.460. The number of hydrogen-bond acceptors (Lipinski definition) is 5. The fourth-order valence-electron chi connectivity index (χ4n) is 1.53. The van der Waals surface area contributed by atoms with E-state index in [1.54, 1.807) is 13.3 Å². The van der Waals surface area contributed by atoms with Gasteiger partial charge in [-0.1, -0.05) is 0 Å². The van der Waals surface area contributed by atoms with Crippen molar-refractivity contribution in [2.24, 2.45) is 0 Å². The number of anilines is 1. The van der Waals surface area contributed by atoms with Crippen LogP contribution in [0.15, 0.2) is 12.3 Å². The summed E-state index contributed by atoms with van der Waals surface area (Å²) in [5, 5.41) is 0. The summed E-state index contributed by atoms with van der Waals surface area (Å²) >= 11 is 0. The maximum atomic E-state index is 5.28. The van der Waals surface area contributed by atoms with Crippen LogP contribution in [0.2, 0.25) is 0 Å². The number of aromatic nitrogens is 2. The van der Waals surface area contributed by atoms with Crippen molar-refractivity contribution < 1.29 is 9.47 Å². The first-order chi connectivity index (χ1) is 7.40. The lowest BCUT2D eigenvalue weighted by atomic mass is 10.4. The topological polar surface area (TPSA) is 47.5 Å². The highest BCUT2D eigenvalue weighted by Gasteiger charge is 2.13. The molecule has 1 fully saturated rings. The molecule has 2 rings (SSSR count). The molecule has 1 aliphatic rings. The van der Waals surface area contributed by atoms with E-state index in [4.69, 9.17) is 9.47 Å². The van der Waals surface area contributed by atoms with Crippen LogP contribution in [0, 0.1) is 0 Å². The largest absolute Gasteiger partial charge is 0.378 e. The summed E-state index contributed by atoms with van der Waals surface area (Å²) in [6.07, 6.45) is 1.77. The molecule has 0 atom stereocenters. The Kier molecular flexibility index (Phi) is 3.47. The monoisotopic (exact) mass is 209 g/mol. The Bertz CT molecular complexity index is 313. The third-order valence-electron chi connectivity index (χ3n) is 2.29. The molecule has 82 valence electrons. The van der Waals surface area contributed by atoms with E-state index in [2.05, 4.69) is 14.9 Å². The summed E-state index contributed by atoms with van der Waals surface area (Å²) in [7, 11) is 1.66. The van der Waals surface area contributed by atoms with Crippen LogP contribution in [0.1, 0.15) is 5.69 Å². The number of rotatable bonds is 3. The molecule has 1 aromatic heterocycles. The van der Waals surface area contributed by atoms with E-state index in [0.29, 0.717) is 6.61 Å². The molecule has 1 saturated heterocycles. The first-order valence-corrected chi connectivity index (χ1v) is 5.03. The molecule has 2 heterocycles. The van der Waals surface area contributed by atoms with Crippen molar-refractivity contribution in [2.75, 3.05) is 38.3 Å². The van der Waals surface area contributed by atoms with Gasteiger partial charge in [0.15, 0.2) is 0 Å². The van der Waals surface area contributed by atoms with Crippen molar-refractivity contribution in [1.82, 2.24) is 9.97 Å². The van der Waals surface area contributed by atoms with Crippen LogP contribution < -0.4 is 4.90 Å². The summed E-state index contributed by atoms with van der Waals surface area (Å²) in [5.74, 6) is 0.771. The third-order valence-corrected chi connectivity index (χ3v) is 2.29. The van der Waals surface area contributed by atoms with Gasteiger partial charge < -0.3 is 14.4 Å². The second kappa shape index (κ2) is 5.04. The van der Waals surface area contributed by atoms with Gasteiger partial charge in [-0.15, -0.1) is 0 Å². The van der Waals surface area contributed by atoms with Crippen LogP contribution in [0.4, 0.5) is 5.95 Å². The second-order valence-corrected chi connectivity index (χ2v) is 3.38. The van der Waals surface area contributed by atoms with Crippen LogP contribution in [0.5, 0.6) is 0 Å². The highest BCUT2D eigenvalue weighted by atomic mass is 16.5. The van der Waals surface area contributed by atoms with Crippen molar-refractivity contribution in [3.05, 3.63) is 18.0 Å². The zero-order valence-electron chi connectivity index (χ0n) is 8.85. The molecule has 0 saturated carbocycles. The van der Waals surface area contributed by atoms with Gasteiger partial charge in [0.05, 0.1) is 25.5 Å². The quantitative estimate of drug-likeness (QED) is 0.723. The van der Waals surface area contributed by atoms with Gasteiger partial charge in [-0.05, 0) is 6.07 Å². The maximum Gasteiger partial charge on any atom is 0.225 e. The van der Waals surface area contributed by atoms with E-state index < -0.39 is 0 Å². The van der Waals surface area contributed by atoms with E-state index in [9.17, 15) is 0 Å². The second-order valence-electron chi connectivity index (χ2n) is 3.38. The fraction of sp³-hybridized carbons (Fsp3) is 0.600. The van der Waals surface area contributed by atoms with Gasteiger partial charge in [0.1, 0.15) is 0 Å². The third kappa shape index (κ3) is 2.64. The van der Waals surface area contributed by atoms with E-state index in [1.807, 2.05) is 6.07 Å². The Morgan fingerprint density at radius 2 is 2.27 bits per heavy atom. The van der Waals surface area contributed by atoms with Crippen LogP contribution in [-0.2, 0) is 16.1 Å². The van der Waals surface area contributed by atoms with Crippen LogP contribution >= 0.6 is 0 Å². The molecule has 0 radical (unpaired) electrons. The van der Waals surface area contributed by atoms with Crippen molar-refractivity contribution >= 4 is 5.95 Å². The molecule has 0 N–H and O–H groups in total. The van der Waals surface area contributed by atoms with Crippen LogP contribution in [-0.4, -0.2) is 43.4 Å². The van der Waals surface area contributed by atoms with E-state index in [-0.39, 0.29) is 0 Å². The Morgan fingerprint density at radius 3 is 3.00 bits per heavy atom. The number of nitrogens with zero attached hydrogens (tertiary/aromatic N) is 3. The fourth-order valence-corrected chi connectivity index (χ4v) is 1.53. The maximum absolute atomic E-state index is 5.28. The molecule has 15 heavy (non-hydrogen) atoms. The van der Waals surface area contributed by atoms with Crippen LogP contribution in [0.25, 0.3) is 0 Å². The van der Waals surface area contributed by atoms with Gasteiger partial charge in [-0.2, -0.15) is 0 Å². The van der Waals surface area contributed by atoms with Crippen LogP contribution in [0.3, 0.4) is 0 Å². The lowest BCUT2D eigenvalue weighted by Crippen LogP contribution is -2.37. The van der Waals surface area contributed by atoms with E-state index >= 15 is 0 Å². The number of ether oxygens (including phenoxy) is 2. The van der Waals surface area contributed by atoms with Gasteiger partial charge in [0, 0.05) is 26.4 Å². The van der Waals surface area contributed by atoms with Gasteiger partial charge in [0.2, 0.25) is 5.95 Å². The minimum atomic E-state index is 0.528. The Hall–Kier alpha value is -1.20. The van der Waals surface area contributed by atoms with Crippen molar-refractivity contribution in [1.29, 1.82) is 0 Å². The Balaban J connectivity index is 2.09. The first kappa shape index (κ1) is 10.3. The summed E-state index contributed by atoms with van der Waals surface area (Å²) < 4.78 is 10.3. The lowest BCUT2D eigenvalue weighted by molar-refractivity contribution is 0.122. The number of morpholine rings is 1. The first-order valence-electron chi connectivity index (χ1n) is 5.03. The van der Waals surface area contributed by atoms with Crippen molar-refractivity contribution in [3.8, 4) is 0 Å².